The molecule has 0 radical (unpaired) electrons. The first-order valence-corrected chi connectivity index (χ1v) is 8.90. The Morgan fingerprint density at radius 1 is 1.35 bits per heavy atom. The molecule has 3 rings (SSSR count). The number of hydrogen-bond donors (Lipinski definition) is 1. The normalized spacial score (nSPS) is 14.4. The first-order valence-electron chi connectivity index (χ1n) is 8.09. The van der Waals surface area contributed by atoms with Crippen molar-refractivity contribution >= 4 is 17.2 Å². The monoisotopic (exact) mass is 327 g/mol. The van der Waals surface area contributed by atoms with Gasteiger partial charge in [0.25, 0.3) is 5.91 Å². The summed E-state index contributed by atoms with van der Waals surface area (Å²) in [7, 11) is 0. The zero-order valence-corrected chi connectivity index (χ0v) is 14.2. The molecule has 0 fully saturated rings. The van der Waals surface area contributed by atoms with Gasteiger partial charge in [0.1, 0.15) is 9.88 Å². The zero-order valence-electron chi connectivity index (χ0n) is 13.3. The van der Waals surface area contributed by atoms with Crippen LogP contribution in [0.5, 0.6) is 0 Å². The number of carbonyl (C=O) groups excluding carboxylic acids is 1. The molecule has 5 heteroatoms. The second-order valence-corrected chi connectivity index (χ2v) is 6.76. The van der Waals surface area contributed by atoms with E-state index < -0.39 is 0 Å². The summed E-state index contributed by atoms with van der Waals surface area (Å²) >= 11 is 1.41. The smallest absolute Gasteiger partial charge is 0.263 e. The van der Waals surface area contributed by atoms with E-state index in [-0.39, 0.29) is 5.91 Å². The maximum atomic E-state index is 12.4. The molecule has 0 aromatic carbocycles. The van der Waals surface area contributed by atoms with E-state index >= 15 is 0 Å². The van der Waals surface area contributed by atoms with Crippen LogP contribution in [0.2, 0.25) is 0 Å². The number of aryl methyl sites for hydroxylation is 1. The predicted octanol–water partition coefficient (Wildman–Crippen LogP) is 4.13. The SMILES string of the molecule is Cc1nc(-c2ccccn2)sc1C(=O)NCCC1=CCCCC1. The van der Waals surface area contributed by atoms with Crippen molar-refractivity contribution in [3.8, 4) is 10.7 Å². The number of allylic oxidation sites excluding steroid dienone is 1. The van der Waals surface area contributed by atoms with E-state index in [0.717, 1.165) is 22.8 Å². The molecule has 2 aromatic rings. The molecular formula is C18H21N3OS. The minimum absolute atomic E-state index is 0.0291. The molecule has 120 valence electrons. The van der Waals surface area contributed by atoms with Crippen molar-refractivity contribution in [2.24, 2.45) is 0 Å². The minimum atomic E-state index is -0.0291. The van der Waals surface area contributed by atoms with Gasteiger partial charge in [0.2, 0.25) is 0 Å². The third-order valence-corrected chi connectivity index (χ3v) is 5.18. The highest BCUT2D eigenvalue weighted by Crippen LogP contribution is 2.26. The molecule has 2 heterocycles. The van der Waals surface area contributed by atoms with Gasteiger partial charge >= 0.3 is 0 Å². The lowest BCUT2D eigenvalue weighted by molar-refractivity contribution is 0.0957. The molecule has 0 aliphatic heterocycles. The Morgan fingerprint density at radius 3 is 3.00 bits per heavy atom. The van der Waals surface area contributed by atoms with Gasteiger partial charge in [-0.3, -0.25) is 9.78 Å². The molecule has 0 saturated heterocycles. The lowest BCUT2D eigenvalue weighted by atomic mass is 9.97. The Kier molecular flexibility index (Phi) is 5.18. The molecule has 2 aromatic heterocycles. The molecule has 0 spiro atoms. The second kappa shape index (κ2) is 7.51. The van der Waals surface area contributed by atoms with Crippen molar-refractivity contribution in [3.05, 3.63) is 46.6 Å². The Labute approximate surface area is 140 Å². The second-order valence-electron chi connectivity index (χ2n) is 5.76. The Morgan fingerprint density at radius 2 is 2.26 bits per heavy atom. The quantitative estimate of drug-likeness (QED) is 0.840. The number of pyridine rings is 1. The summed E-state index contributed by atoms with van der Waals surface area (Å²) in [5.74, 6) is -0.0291. The standard InChI is InChI=1S/C18H21N3OS/c1-13-16(23-18(21-13)15-9-5-6-11-19-15)17(22)20-12-10-14-7-3-2-4-8-14/h5-7,9,11H,2-4,8,10,12H2,1H3,(H,20,22). The van der Waals surface area contributed by atoms with Crippen LogP contribution in [0.4, 0.5) is 0 Å². The van der Waals surface area contributed by atoms with Crippen LogP contribution in [0.15, 0.2) is 36.0 Å². The van der Waals surface area contributed by atoms with Crippen LogP contribution in [0, 0.1) is 6.92 Å². The summed E-state index contributed by atoms with van der Waals surface area (Å²) in [5, 5.41) is 3.82. The van der Waals surface area contributed by atoms with Crippen molar-refractivity contribution in [1.29, 1.82) is 0 Å². The van der Waals surface area contributed by atoms with Crippen LogP contribution >= 0.6 is 11.3 Å². The fraction of sp³-hybridized carbons (Fsp3) is 0.389. The molecular weight excluding hydrogens is 306 g/mol. The molecule has 0 atom stereocenters. The topological polar surface area (TPSA) is 54.9 Å². The zero-order chi connectivity index (χ0) is 16.1. The van der Waals surface area contributed by atoms with Gasteiger partial charge in [0, 0.05) is 12.7 Å². The Bertz CT molecular complexity index is 706. The molecule has 0 unspecified atom stereocenters. The van der Waals surface area contributed by atoms with Gasteiger partial charge in [0.15, 0.2) is 0 Å². The van der Waals surface area contributed by atoms with Gasteiger partial charge < -0.3 is 5.32 Å². The van der Waals surface area contributed by atoms with Gasteiger partial charge in [-0.15, -0.1) is 11.3 Å². The summed E-state index contributed by atoms with van der Waals surface area (Å²) in [5.41, 5.74) is 3.06. The van der Waals surface area contributed by atoms with Crippen LogP contribution in [0.1, 0.15) is 47.5 Å². The van der Waals surface area contributed by atoms with E-state index in [1.165, 1.54) is 42.6 Å². The summed E-state index contributed by atoms with van der Waals surface area (Å²) in [6.07, 6.45) is 9.96. The molecule has 1 amide bonds. The summed E-state index contributed by atoms with van der Waals surface area (Å²) in [4.78, 5) is 21.8. The molecule has 23 heavy (non-hydrogen) atoms. The van der Waals surface area contributed by atoms with E-state index in [4.69, 9.17) is 0 Å². The van der Waals surface area contributed by atoms with E-state index in [1.54, 1.807) is 6.20 Å². The van der Waals surface area contributed by atoms with Crippen molar-refractivity contribution in [2.75, 3.05) is 6.54 Å². The van der Waals surface area contributed by atoms with E-state index in [2.05, 4.69) is 21.4 Å². The van der Waals surface area contributed by atoms with Crippen molar-refractivity contribution in [1.82, 2.24) is 15.3 Å². The van der Waals surface area contributed by atoms with Gasteiger partial charge in [-0.05, 0) is 51.2 Å². The van der Waals surface area contributed by atoms with Crippen molar-refractivity contribution in [3.63, 3.8) is 0 Å². The van der Waals surface area contributed by atoms with E-state index in [1.807, 2.05) is 25.1 Å². The first kappa shape index (κ1) is 15.9. The average Bonchev–Trinajstić information content (AvgIpc) is 2.98. The van der Waals surface area contributed by atoms with Crippen molar-refractivity contribution < 1.29 is 4.79 Å². The molecule has 0 bridgehead atoms. The van der Waals surface area contributed by atoms with Gasteiger partial charge in [0.05, 0.1) is 11.4 Å². The fourth-order valence-corrected chi connectivity index (χ4v) is 3.71. The number of nitrogens with one attached hydrogen (secondary N) is 1. The third kappa shape index (κ3) is 4.05. The fourth-order valence-electron chi connectivity index (χ4n) is 2.75. The third-order valence-electron chi connectivity index (χ3n) is 4.00. The predicted molar refractivity (Wildman–Crippen MR) is 93.6 cm³/mol. The number of hydrogen-bond acceptors (Lipinski definition) is 4. The molecule has 0 saturated carbocycles. The lowest BCUT2D eigenvalue weighted by Crippen LogP contribution is -2.24. The molecule has 1 aliphatic carbocycles. The molecule has 4 nitrogen and oxygen atoms in total. The highest BCUT2D eigenvalue weighted by molar-refractivity contribution is 7.17. The van der Waals surface area contributed by atoms with E-state index in [0.29, 0.717) is 11.4 Å². The van der Waals surface area contributed by atoms with Gasteiger partial charge in [-0.2, -0.15) is 0 Å². The largest absolute Gasteiger partial charge is 0.351 e. The first-order chi connectivity index (χ1) is 11.2. The highest BCUT2D eigenvalue weighted by atomic mass is 32.1. The van der Waals surface area contributed by atoms with Crippen LogP contribution < -0.4 is 5.32 Å². The maximum Gasteiger partial charge on any atom is 0.263 e. The number of nitrogens with zero attached hydrogens (tertiary/aromatic N) is 2. The minimum Gasteiger partial charge on any atom is -0.351 e. The number of rotatable bonds is 5. The number of amides is 1. The molecule has 1 N–H and O–H groups in total. The summed E-state index contributed by atoms with van der Waals surface area (Å²) < 4.78 is 0. The maximum absolute atomic E-state index is 12.4. The Hall–Kier alpha value is -2.01. The summed E-state index contributed by atoms with van der Waals surface area (Å²) in [6.45, 7) is 2.57. The molecule has 1 aliphatic rings. The number of aromatic nitrogens is 2. The van der Waals surface area contributed by atoms with Crippen LogP contribution in [-0.2, 0) is 0 Å². The number of thiazole rings is 1. The number of carbonyl (C=O) groups is 1. The van der Waals surface area contributed by atoms with Gasteiger partial charge in [-0.25, -0.2) is 4.98 Å². The van der Waals surface area contributed by atoms with Crippen LogP contribution in [0.25, 0.3) is 10.7 Å². The van der Waals surface area contributed by atoms with Crippen LogP contribution in [-0.4, -0.2) is 22.4 Å². The average molecular weight is 327 g/mol. The summed E-state index contributed by atoms with van der Waals surface area (Å²) in [6, 6.07) is 5.71. The van der Waals surface area contributed by atoms with Gasteiger partial charge in [-0.1, -0.05) is 17.7 Å². The Balaban J connectivity index is 1.61. The van der Waals surface area contributed by atoms with Crippen molar-refractivity contribution in [2.45, 2.75) is 39.0 Å². The highest BCUT2D eigenvalue weighted by Gasteiger charge is 2.16. The van der Waals surface area contributed by atoms with Crippen LogP contribution in [0.3, 0.4) is 0 Å². The lowest BCUT2D eigenvalue weighted by Gasteiger charge is -2.12. The van der Waals surface area contributed by atoms with E-state index in [9.17, 15) is 4.79 Å².